The molecule has 122 valence electrons. The number of rotatable bonds is 4. The van der Waals surface area contributed by atoms with Gasteiger partial charge < -0.3 is 4.74 Å². The van der Waals surface area contributed by atoms with Gasteiger partial charge in [-0.3, -0.25) is 14.4 Å². The number of hydrogen-bond donors (Lipinski definition) is 1. The van der Waals surface area contributed by atoms with Gasteiger partial charge >= 0.3 is 6.18 Å². The predicted molar refractivity (Wildman–Crippen MR) is 66.9 cm³/mol. The predicted octanol–water partition coefficient (Wildman–Crippen LogP) is 0.248. The van der Waals surface area contributed by atoms with E-state index < -0.39 is 39.4 Å². The minimum Gasteiger partial charge on any atom is -0.378 e. The van der Waals surface area contributed by atoms with Crippen molar-refractivity contribution >= 4 is 15.9 Å². The Morgan fingerprint density at radius 2 is 2.05 bits per heavy atom. The summed E-state index contributed by atoms with van der Waals surface area (Å²) >= 11 is 0. The fourth-order valence-electron chi connectivity index (χ4n) is 2.07. The Bertz CT molecular complexity index is 516. The van der Waals surface area contributed by atoms with E-state index in [2.05, 4.69) is 0 Å². The minimum atomic E-state index is -4.46. The summed E-state index contributed by atoms with van der Waals surface area (Å²) in [6.45, 7) is -0.0351. The smallest absolute Gasteiger partial charge is 0.378 e. The van der Waals surface area contributed by atoms with Crippen LogP contribution in [0.2, 0.25) is 0 Å². The standard InChI is InChI=1S/C11H17F3N2O4S/c1-10(2-3-10)21(18,19)15-9(17)8-6-20-5-4-16(8)7-11(12,13)14/h8H,2-7H2,1H3,(H,15,17). The van der Waals surface area contributed by atoms with E-state index in [0.29, 0.717) is 12.8 Å². The summed E-state index contributed by atoms with van der Waals surface area (Å²) in [5.74, 6) is -0.966. The number of nitrogens with one attached hydrogen (secondary N) is 1. The van der Waals surface area contributed by atoms with E-state index in [-0.39, 0.29) is 19.8 Å². The highest BCUT2D eigenvalue weighted by Crippen LogP contribution is 2.42. The van der Waals surface area contributed by atoms with Gasteiger partial charge in [0, 0.05) is 6.54 Å². The van der Waals surface area contributed by atoms with Crippen LogP contribution in [0.1, 0.15) is 19.8 Å². The van der Waals surface area contributed by atoms with Crippen LogP contribution in [0.15, 0.2) is 0 Å². The highest BCUT2D eigenvalue weighted by atomic mass is 32.2. The van der Waals surface area contributed by atoms with Gasteiger partial charge in [0.1, 0.15) is 6.04 Å². The first kappa shape index (κ1) is 16.5. The van der Waals surface area contributed by atoms with Crippen molar-refractivity contribution in [2.24, 2.45) is 0 Å². The summed E-state index contributed by atoms with van der Waals surface area (Å²) in [5, 5.41) is 0. The van der Waals surface area contributed by atoms with Crippen LogP contribution < -0.4 is 4.72 Å². The molecule has 0 aromatic carbocycles. The summed E-state index contributed by atoms with van der Waals surface area (Å²) < 4.78 is 67.2. The van der Waals surface area contributed by atoms with Crippen molar-refractivity contribution in [2.75, 3.05) is 26.3 Å². The zero-order chi connectivity index (χ0) is 15.9. The van der Waals surface area contributed by atoms with E-state index >= 15 is 0 Å². The second-order valence-corrected chi connectivity index (χ2v) is 7.79. The molecular formula is C11H17F3N2O4S. The summed E-state index contributed by atoms with van der Waals surface area (Å²) in [6.07, 6.45) is -3.59. The van der Waals surface area contributed by atoms with Gasteiger partial charge in [0.2, 0.25) is 10.0 Å². The summed E-state index contributed by atoms with van der Waals surface area (Å²) in [6, 6.07) is -1.25. The summed E-state index contributed by atoms with van der Waals surface area (Å²) in [7, 11) is -3.87. The fourth-order valence-corrected chi connectivity index (χ4v) is 3.35. The van der Waals surface area contributed by atoms with Crippen LogP contribution in [-0.4, -0.2) is 62.5 Å². The van der Waals surface area contributed by atoms with Crippen LogP contribution in [0.4, 0.5) is 13.2 Å². The summed E-state index contributed by atoms with van der Waals surface area (Å²) in [4.78, 5) is 12.9. The Balaban J connectivity index is 2.05. The maximum atomic E-state index is 12.5. The lowest BCUT2D eigenvalue weighted by atomic mass is 10.2. The van der Waals surface area contributed by atoms with Crippen molar-refractivity contribution in [1.82, 2.24) is 9.62 Å². The van der Waals surface area contributed by atoms with Gasteiger partial charge in [-0.25, -0.2) is 8.42 Å². The van der Waals surface area contributed by atoms with Crippen LogP contribution in [0.25, 0.3) is 0 Å². The molecule has 0 aromatic rings. The van der Waals surface area contributed by atoms with E-state index in [1.807, 2.05) is 4.72 Å². The average molecular weight is 330 g/mol. The first-order valence-electron chi connectivity index (χ1n) is 6.49. The van der Waals surface area contributed by atoms with Crippen molar-refractivity contribution in [1.29, 1.82) is 0 Å². The molecular weight excluding hydrogens is 313 g/mol. The van der Waals surface area contributed by atoms with Gasteiger partial charge in [0.15, 0.2) is 0 Å². The molecule has 10 heteroatoms. The van der Waals surface area contributed by atoms with E-state index in [1.54, 1.807) is 0 Å². The van der Waals surface area contributed by atoms with Crippen LogP contribution >= 0.6 is 0 Å². The molecule has 2 fully saturated rings. The lowest BCUT2D eigenvalue weighted by Crippen LogP contribution is -2.57. The zero-order valence-electron chi connectivity index (χ0n) is 11.4. The Labute approximate surface area is 120 Å². The molecule has 1 saturated heterocycles. The molecule has 1 aliphatic carbocycles. The molecule has 0 spiro atoms. The normalized spacial score (nSPS) is 26.4. The molecule has 1 N–H and O–H groups in total. The van der Waals surface area contributed by atoms with Crippen LogP contribution in [-0.2, 0) is 19.6 Å². The lowest BCUT2D eigenvalue weighted by molar-refractivity contribution is -0.166. The van der Waals surface area contributed by atoms with E-state index in [9.17, 15) is 26.4 Å². The Kier molecular flexibility index (Phi) is 4.24. The van der Waals surface area contributed by atoms with Crippen LogP contribution in [0.5, 0.6) is 0 Å². The quantitative estimate of drug-likeness (QED) is 0.800. The molecule has 0 bridgehead atoms. The van der Waals surface area contributed by atoms with Gasteiger partial charge in [-0.2, -0.15) is 13.2 Å². The first-order chi connectivity index (χ1) is 9.54. The highest BCUT2D eigenvalue weighted by Gasteiger charge is 2.51. The van der Waals surface area contributed by atoms with E-state index in [1.165, 1.54) is 6.92 Å². The van der Waals surface area contributed by atoms with Gasteiger partial charge in [-0.15, -0.1) is 0 Å². The molecule has 1 unspecified atom stereocenters. The molecule has 21 heavy (non-hydrogen) atoms. The third-order valence-electron chi connectivity index (χ3n) is 3.76. The number of nitrogens with zero attached hydrogens (tertiary/aromatic N) is 1. The van der Waals surface area contributed by atoms with Crippen molar-refractivity contribution in [3.05, 3.63) is 0 Å². The van der Waals surface area contributed by atoms with Gasteiger partial charge in [-0.1, -0.05) is 0 Å². The average Bonchev–Trinajstić information content (AvgIpc) is 3.07. The number of ether oxygens (including phenoxy) is 1. The molecule has 1 saturated carbocycles. The molecule has 6 nitrogen and oxygen atoms in total. The molecule has 0 radical (unpaired) electrons. The maximum Gasteiger partial charge on any atom is 0.401 e. The second-order valence-electron chi connectivity index (χ2n) is 5.60. The van der Waals surface area contributed by atoms with E-state index in [4.69, 9.17) is 4.74 Å². The molecule has 2 rings (SSSR count). The lowest BCUT2D eigenvalue weighted by Gasteiger charge is -2.34. The number of morpholine rings is 1. The Morgan fingerprint density at radius 1 is 1.43 bits per heavy atom. The highest BCUT2D eigenvalue weighted by molar-refractivity contribution is 7.91. The Morgan fingerprint density at radius 3 is 2.57 bits per heavy atom. The number of hydrogen-bond acceptors (Lipinski definition) is 5. The molecule has 0 aromatic heterocycles. The SMILES string of the molecule is CC1(S(=O)(=O)NC(=O)C2COCCN2CC(F)(F)F)CC1. The number of carbonyl (C=O) groups excluding carboxylic acids is 1. The number of sulfonamides is 1. The molecule has 1 aliphatic heterocycles. The van der Waals surface area contributed by atoms with Crippen molar-refractivity contribution < 1.29 is 31.1 Å². The van der Waals surface area contributed by atoms with Gasteiger partial charge in [0.25, 0.3) is 5.91 Å². The molecule has 1 atom stereocenters. The molecule has 1 amide bonds. The van der Waals surface area contributed by atoms with Crippen LogP contribution in [0, 0.1) is 0 Å². The third-order valence-corrected chi connectivity index (χ3v) is 5.94. The number of alkyl halides is 3. The first-order valence-corrected chi connectivity index (χ1v) is 7.97. The monoisotopic (exact) mass is 330 g/mol. The largest absolute Gasteiger partial charge is 0.401 e. The van der Waals surface area contributed by atoms with Crippen molar-refractivity contribution in [3.8, 4) is 0 Å². The third kappa shape index (κ3) is 3.86. The van der Waals surface area contributed by atoms with E-state index in [0.717, 1.165) is 4.90 Å². The zero-order valence-corrected chi connectivity index (χ0v) is 12.3. The number of carbonyl (C=O) groups is 1. The van der Waals surface area contributed by atoms with Gasteiger partial charge in [-0.05, 0) is 19.8 Å². The number of amides is 1. The number of halogens is 3. The summed E-state index contributed by atoms with van der Waals surface area (Å²) in [5.41, 5.74) is 0. The van der Waals surface area contributed by atoms with Crippen molar-refractivity contribution in [3.63, 3.8) is 0 Å². The fraction of sp³-hybridized carbons (Fsp3) is 0.909. The van der Waals surface area contributed by atoms with Crippen molar-refractivity contribution in [2.45, 2.75) is 36.7 Å². The topological polar surface area (TPSA) is 75.7 Å². The Hall–Kier alpha value is -0.870. The molecule has 1 heterocycles. The molecule has 2 aliphatic rings. The second kappa shape index (κ2) is 5.40. The van der Waals surface area contributed by atoms with Crippen LogP contribution in [0.3, 0.4) is 0 Å². The maximum absolute atomic E-state index is 12.5. The minimum absolute atomic E-state index is 0.0737. The van der Waals surface area contributed by atoms with Gasteiger partial charge in [0.05, 0.1) is 24.5 Å².